The Morgan fingerprint density at radius 1 is 1.33 bits per heavy atom. The number of carboxylic acid groups (broad SMARTS) is 1. The minimum atomic E-state index is -1.01. The molecular formula is C13H15NO4. The third-order valence-electron chi connectivity index (χ3n) is 2.14. The van der Waals surface area contributed by atoms with Crippen LogP contribution in [-0.4, -0.2) is 23.2 Å². The topological polar surface area (TPSA) is 75.6 Å². The molecule has 5 nitrogen and oxygen atoms in total. The predicted octanol–water partition coefficient (Wildman–Crippen LogP) is 2.19. The number of rotatable bonds is 4. The van der Waals surface area contributed by atoms with E-state index in [0.29, 0.717) is 5.75 Å². The van der Waals surface area contributed by atoms with E-state index >= 15 is 0 Å². The summed E-state index contributed by atoms with van der Waals surface area (Å²) < 4.78 is 5.00. The maximum absolute atomic E-state index is 11.5. The zero-order chi connectivity index (χ0) is 13.5. The highest BCUT2D eigenvalue weighted by Gasteiger charge is 2.09. The Balaban J connectivity index is 2.50. The molecule has 0 aliphatic carbocycles. The average Bonchev–Trinajstić information content (AvgIpc) is 2.29. The van der Waals surface area contributed by atoms with Crippen LogP contribution in [0.25, 0.3) is 0 Å². The van der Waals surface area contributed by atoms with Crippen LogP contribution in [0.1, 0.15) is 13.8 Å². The molecule has 0 spiro atoms. The van der Waals surface area contributed by atoms with E-state index in [0.717, 1.165) is 0 Å². The van der Waals surface area contributed by atoms with E-state index in [1.165, 1.54) is 13.0 Å². The van der Waals surface area contributed by atoms with Gasteiger partial charge in [-0.05, 0) is 26.0 Å². The lowest BCUT2D eigenvalue weighted by Gasteiger charge is -2.10. The van der Waals surface area contributed by atoms with Crippen LogP contribution in [0.5, 0.6) is 5.75 Å². The summed E-state index contributed by atoms with van der Waals surface area (Å²) in [5.41, 5.74) is 0.169. The first-order valence-corrected chi connectivity index (χ1v) is 5.44. The molecule has 1 aromatic rings. The van der Waals surface area contributed by atoms with Crippen LogP contribution >= 0.6 is 0 Å². The van der Waals surface area contributed by atoms with Crippen LogP contribution in [-0.2, 0) is 4.79 Å². The van der Waals surface area contributed by atoms with Crippen LogP contribution in [0.2, 0.25) is 0 Å². The molecule has 5 heteroatoms. The van der Waals surface area contributed by atoms with Crippen molar-refractivity contribution in [2.45, 2.75) is 19.9 Å². The number of ether oxygens (including phenoxy) is 1. The molecule has 0 aromatic heterocycles. The van der Waals surface area contributed by atoms with Crippen molar-refractivity contribution in [3.05, 3.63) is 42.0 Å². The quantitative estimate of drug-likeness (QED) is 0.802. The molecule has 1 atom stereocenters. The fourth-order valence-corrected chi connectivity index (χ4v) is 1.30. The Morgan fingerprint density at radius 2 is 1.94 bits per heavy atom. The van der Waals surface area contributed by atoms with Crippen LogP contribution < -0.4 is 10.1 Å². The number of aliphatic carboxylic acids is 1. The standard InChI is InChI=1S/C13H15NO4/c1-9(12(15)16)8-10(2)14-13(17)18-11-6-4-3-5-7-11/h3-8,10H,1-2H3,(H,14,17)(H,15,16). The van der Waals surface area contributed by atoms with E-state index in [1.807, 2.05) is 6.07 Å². The lowest BCUT2D eigenvalue weighted by molar-refractivity contribution is -0.132. The van der Waals surface area contributed by atoms with Gasteiger partial charge in [0.05, 0.1) is 0 Å². The lowest BCUT2D eigenvalue weighted by atomic mass is 10.2. The number of hydrogen-bond acceptors (Lipinski definition) is 3. The number of carbonyl (C=O) groups excluding carboxylic acids is 1. The van der Waals surface area contributed by atoms with Gasteiger partial charge in [-0.15, -0.1) is 0 Å². The van der Waals surface area contributed by atoms with Crippen molar-refractivity contribution >= 4 is 12.1 Å². The molecule has 0 aliphatic heterocycles. The number of carbonyl (C=O) groups is 2. The Labute approximate surface area is 105 Å². The van der Waals surface area contributed by atoms with Crippen molar-refractivity contribution in [1.29, 1.82) is 0 Å². The van der Waals surface area contributed by atoms with Gasteiger partial charge in [-0.3, -0.25) is 0 Å². The number of carboxylic acids is 1. The minimum Gasteiger partial charge on any atom is -0.478 e. The summed E-state index contributed by atoms with van der Waals surface area (Å²) >= 11 is 0. The second-order valence-electron chi connectivity index (χ2n) is 3.79. The molecule has 1 rings (SSSR count). The molecule has 1 amide bonds. The molecule has 0 aliphatic rings. The van der Waals surface area contributed by atoms with Gasteiger partial charge in [0, 0.05) is 11.6 Å². The van der Waals surface area contributed by atoms with Gasteiger partial charge >= 0.3 is 12.1 Å². The third kappa shape index (κ3) is 4.69. The number of amides is 1. The molecule has 0 saturated heterocycles. The number of benzene rings is 1. The number of hydrogen-bond donors (Lipinski definition) is 2. The molecule has 0 bridgehead atoms. The van der Waals surface area contributed by atoms with Crippen molar-refractivity contribution in [3.8, 4) is 5.75 Å². The summed E-state index contributed by atoms with van der Waals surface area (Å²) in [7, 11) is 0. The highest BCUT2D eigenvalue weighted by molar-refractivity contribution is 5.86. The van der Waals surface area contributed by atoms with E-state index in [2.05, 4.69) is 5.32 Å². The number of para-hydroxylation sites is 1. The van der Waals surface area contributed by atoms with Gasteiger partial charge in [-0.25, -0.2) is 9.59 Å². The molecule has 1 unspecified atom stereocenters. The average molecular weight is 249 g/mol. The highest BCUT2D eigenvalue weighted by Crippen LogP contribution is 2.08. The molecule has 0 fully saturated rings. The van der Waals surface area contributed by atoms with Gasteiger partial charge in [-0.1, -0.05) is 24.3 Å². The maximum atomic E-state index is 11.5. The van der Waals surface area contributed by atoms with Crippen molar-refractivity contribution in [2.75, 3.05) is 0 Å². The first-order valence-electron chi connectivity index (χ1n) is 5.44. The summed E-state index contributed by atoms with van der Waals surface area (Å²) in [5, 5.41) is 11.2. The van der Waals surface area contributed by atoms with Crippen molar-refractivity contribution in [3.63, 3.8) is 0 Å². The first-order chi connectivity index (χ1) is 8.49. The van der Waals surface area contributed by atoms with Crippen molar-refractivity contribution in [2.24, 2.45) is 0 Å². The maximum Gasteiger partial charge on any atom is 0.413 e. The smallest absolute Gasteiger partial charge is 0.413 e. The van der Waals surface area contributed by atoms with E-state index in [9.17, 15) is 9.59 Å². The molecule has 0 radical (unpaired) electrons. The Morgan fingerprint density at radius 3 is 2.50 bits per heavy atom. The van der Waals surface area contributed by atoms with E-state index in [1.54, 1.807) is 31.2 Å². The lowest BCUT2D eigenvalue weighted by Crippen LogP contribution is -2.34. The van der Waals surface area contributed by atoms with Gasteiger partial charge in [-0.2, -0.15) is 0 Å². The summed E-state index contributed by atoms with van der Waals surface area (Å²) in [6.45, 7) is 3.13. The second kappa shape index (κ2) is 6.44. The van der Waals surface area contributed by atoms with Gasteiger partial charge < -0.3 is 15.2 Å². The molecular weight excluding hydrogens is 234 g/mol. The van der Waals surface area contributed by atoms with Crippen molar-refractivity contribution in [1.82, 2.24) is 5.32 Å². The highest BCUT2D eigenvalue weighted by atomic mass is 16.6. The van der Waals surface area contributed by atoms with Gasteiger partial charge in [0.1, 0.15) is 5.75 Å². The molecule has 0 heterocycles. The molecule has 0 saturated carbocycles. The van der Waals surface area contributed by atoms with E-state index < -0.39 is 18.1 Å². The minimum absolute atomic E-state index is 0.169. The Bertz CT molecular complexity index is 453. The zero-order valence-electron chi connectivity index (χ0n) is 10.2. The summed E-state index contributed by atoms with van der Waals surface area (Å²) in [6.07, 6.45) is 0.817. The van der Waals surface area contributed by atoms with Crippen molar-refractivity contribution < 1.29 is 19.4 Å². The molecule has 1 aromatic carbocycles. The molecule has 2 N–H and O–H groups in total. The van der Waals surface area contributed by atoms with Gasteiger partial charge in [0.2, 0.25) is 0 Å². The summed E-state index contributed by atoms with van der Waals surface area (Å²) in [5.74, 6) is -0.582. The first kappa shape index (κ1) is 13.8. The fourth-order valence-electron chi connectivity index (χ4n) is 1.30. The van der Waals surface area contributed by atoms with Gasteiger partial charge in [0.15, 0.2) is 0 Å². The van der Waals surface area contributed by atoms with E-state index in [-0.39, 0.29) is 5.57 Å². The predicted molar refractivity (Wildman–Crippen MR) is 66.5 cm³/mol. The molecule has 96 valence electrons. The fraction of sp³-hybridized carbons (Fsp3) is 0.231. The van der Waals surface area contributed by atoms with Gasteiger partial charge in [0.25, 0.3) is 0 Å². The molecule has 18 heavy (non-hydrogen) atoms. The van der Waals surface area contributed by atoms with Crippen LogP contribution in [0.3, 0.4) is 0 Å². The summed E-state index contributed by atoms with van der Waals surface area (Å²) in [6, 6.07) is 8.20. The number of nitrogens with one attached hydrogen (secondary N) is 1. The summed E-state index contributed by atoms with van der Waals surface area (Å²) in [4.78, 5) is 22.1. The van der Waals surface area contributed by atoms with E-state index in [4.69, 9.17) is 9.84 Å². The van der Waals surface area contributed by atoms with Crippen LogP contribution in [0.4, 0.5) is 4.79 Å². The van der Waals surface area contributed by atoms with Crippen LogP contribution in [0, 0.1) is 0 Å². The zero-order valence-corrected chi connectivity index (χ0v) is 10.2. The largest absolute Gasteiger partial charge is 0.478 e. The Hall–Kier alpha value is -2.30. The Kier molecular flexibility index (Phi) is 4.92. The SMILES string of the molecule is CC(=CC(C)NC(=O)Oc1ccccc1)C(=O)O. The second-order valence-corrected chi connectivity index (χ2v) is 3.79. The normalized spacial score (nSPS) is 12.7. The van der Waals surface area contributed by atoms with Crippen LogP contribution in [0.15, 0.2) is 42.0 Å². The third-order valence-corrected chi connectivity index (χ3v) is 2.14. The monoisotopic (exact) mass is 249 g/mol.